The van der Waals surface area contributed by atoms with E-state index in [-0.39, 0.29) is 11.3 Å². The maximum Gasteiger partial charge on any atom is 0.306 e. The molecule has 0 saturated heterocycles. The Morgan fingerprint density at radius 2 is 2.08 bits per heavy atom. The van der Waals surface area contributed by atoms with Gasteiger partial charge in [-0.2, -0.15) is 8.42 Å². The highest BCUT2D eigenvalue weighted by Gasteiger charge is 2.23. The third-order valence-electron chi connectivity index (χ3n) is 3.34. The van der Waals surface area contributed by atoms with E-state index in [1.54, 1.807) is 6.08 Å². The van der Waals surface area contributed by atoms with Crippen LogP contribution < -0.4 is 0 Å². The van der Waals surface area contributed by atoms with Crippen LogP contribution in [0.4, 0.5) is 0 Å². The molecule has 1 aliphatic rings. The molecule has 0 heterocycles. The molecular formula is C17H29ClO5S. The fourth-order valence-corrected chi connectivity index (χ4v) is 2.96. The fourth-order valence-electron chi connectivity index (χ4n) is 2.14. The molecule has 1 saturated carbocycles. The molecule has 5 nitrogen and oxygen atoms in total. The van der Waals surface area contributed by atoms with Gasteiger partial charge in [0, 0.05) is 11.8 Å². The van der Waals surface area contributed by atoms with E-state index in [0.717, 1.165) is 38.4 Å². The summed E-state index contributed by atoms with van der Waals surface area (Å²) in [5.41, 5.74) is 0. The van der Waals surface area contributed by atoms with Crippen molar-refractivity contribution in [1.29, 1.82) is 0 Å². The fraction of sp³-hybridized carbons (Fsp3) is 0.706. The van der Waals surface area contributed by atoms with E-state index in [1.165, 1.54) is 0 Å². The highest BCUT2D eigenvalue weighted by molar-refractivity contribution is 7.85. The first-order chi connectivity index (χ1) is 11.3. The predicted molar refractivity (Wildman–Crippen MR) is 97.6 cm³/mol. The molecule has 1 rings (SSSR count). The van der Waals surface area contributed by atoms with Gasteiger partial charge >= 0.3 is 5.97 Å². The van der Waals surface area contributed by atoms with Crippen LogP contribution in [-0.4, -0.2) is 39.2 Å². The van der Waals surface area contributed by atoms with Crippen molar-refractivity contribution in [3.63, 3.8) is 0 Å². The average Bonchev–Trinajstić information content (AvgIpc) is 2.93. The van der Waals surface area contributed by atoms with Crippen molar-refractivity contribution < 1.29 is 22.1 Å². The third kappa shape index (κ3) is 14.7. The second-order valence-electron chi connectivity index (χ2n) is 5.70. The predicted octanol–water partition coefficient (Wildman–Crippen LogP) is 3.83. The molecule has 0 aromatic rings. The van der Waals surface area contributed by atoms with Crippen LogP contribution in [0.1, 0.15) is 45.4 Å². The molecule has 0 aromatic carbocycles. The van der Waals surface area contributed by atoms with Crippen LogP contribution in [0.15, 0.2) is 24.8 Å². The number of hydrogen-bond acceptors (Lipinski definition) is 5. The van der Waals surface area contributed by atoms with E-state index >= 15 is 0 Å². The minimum absolute atomic E-state index is 0.139. The number of hydrogen-bond donors (Lipinski definition) is 0. The molecule has 0 amide bonds. The van der Waals surface area contributed by atoms with Crippen molar-refractivity contribution in [3.8, 4) is 0 Å². The SMILES string of the molecule is C=CCOC(=O)CCC/C=C\C.CS(=O)(=O)OCC1CCC(Cl)C1. The van der Waals surface area contributed by atoms with E-state index in [9.17, 15) is 13.2 Å². The molecule has 0 bridgehead atoms. The normalized spacial score (nSPS) is 20.5. The first-order valence-corrected chi connectivity index (χ1v) is 10.4. The Bertz CT molecular complexity index is 487. The monoisotopic (exact) mass is 380 g/mol. The van der Waals surface area contributed by atoms with Crippen LogP contribution in [0.3, 0.4) is 0 Å². The molecular weight excluding hydrogens is 352 g/mol. The number of alkyl halides is 1. The summed E-state index contributed by atoms with van der Waals surface area (Å²) in [4.78, 5) is 10.9. The summed E-state index contributed by atoms with van der Waals surface area (Å²) in [6.07, 6.45) is 11.8. The maximum atomic E-state index is 10.9. The number of esters is 1. The molecule has 1 aliphatic carbocycles. The number of carbonyl (C=O) groups excluding carboxylic acids is 1. The number of rotatable bonds is 9. The van der Waals surface area contributed by atoms with Gasteiger partial charge in [-0.15, -0.1) is 11.6 Å². The van der Waals surface area contributed by atoms with Crippen molar-refractivity contribution in [2.24, 2.45) is 5.92 Å². The van der Waals surface area contributed by atoms with Gasteiger partial charge in [0.25, 0.3) is 10.1 Å². The average molecular weight is 381 g/mol. The second kappa shape index (κ2) is 13.4. The van der Waals surface area contributed by atoms with E-state index < -0.39 is 10.1 Å². The summed E-state index contributed by atoms with van der Waals surface area (Å²) in [5, 5.41) is 0.207. The summed E-state index contributed by atoms with van der Waals surface area (Å²) in [7, 11) is -3.27. The maximum absolute atomic E-state index is 10.9. The van der Waals surface area contributed by atoms with Crippen molar-refractivity contribution in [3.05, 3.63) is 24.8 Å². The van der Waals surface area contributed by atoms with Gasteiger partial charge in [-0.3, -0.25) is 8.98 Å². The first kappa shape index (κ1) is 23.1. The standard InChI is InChI=1S/C10H16O2.C7H13ClO3S/c1-3-5-6-7-8-10(11)12-9-4-2;1-12(9,10)11-5-6-2-3-7(8)4-6/h3-5H,2,6-9H2,1H3;6-7H,2-5H2,1H3/b5-3-;. The smallest absolute Gasteiger partial charge is 0.306 e. The van der Waals surface area contributed by atoms with Crippen LogP contribution in [-0.2, 0) is 23.8 Å². The zero-order valence-electron chi connectivity index (χ0n) is 14.6. The number of unbranched alkanes of at least 4 members (excludes halogenated alkanes) is 1. The van der Waals surface area contributed by atoms with E-state index in [0.29, 0.717) is 25.6 Å². The molecule has 140 valence electrons. The van der Waals surface area contributed by atoms with Crippen LogP contribution in [0.5, 0.6) is 0 Å². The molecule has 0 aromatic heterocycles. The lowest BCUT2D eigenvalue weighted by atomic mass is 10.1. The zero-order chi connectivity index (χ0) is 18.4. The molecule has 0 aliphatic heterocycles. The number of allylic oxidation sites excluding steroid dienone is 2. The Morgan fingerprint density at radius 1 is 1.38 bits per heavy atom. The van der Waals surface area contributed by atoms with E-state index in [1.807, 2.05) is 19.1 Å². The van der Waals surface area contributed by atoms with Crippen LogP contribution >= 0.6 is 11.6 Å². The van der Waals surface area contributed by atoms with Crippen LogP contribution in [0.25, 0.3) is 0 Å². The lowest BCUT2D eigenvalue weighted by Crippen LogP contribution is -2.11. The lowest BCUT2D eigenvalue weighted by Gasteiger charge is -2.07. The summed E-state index contributed by atoms with van der Waals surface area (Å²) in [6.45, 7) is 6.04. The van der Waals surface area contributed by atoms with Crippen molar-refractivity contribution >= 4 is 27.7 Å². The molecule has 0 spiro atoms. The van der Waals surface area contributed by atoms with Gasteiger partial charge in [0.2, 0.25) is 0 Å². The summed E-state index contributed by atoms with van der Waals surface area (Å²) < 4.78 is 30.7. The molecule has 2 atom stereocenters. The first-order valence-electron chi connectivity index (χ1n) is 8.14. The summed E-state index contributed by atoms with van der Waals surface area (Å²) in [6, 6.07) is 0. The molecule has 2 unspecified atom stereocenters. The quantitative estimate of drug-likeness (QED) is 0.200. The Hall–Kier alpha value is -0.850. The highest BCUT2D eigenvalue weighted by Crippen LogP contribution is 2.29. The third-order valence-corrected chi connectivity index (χ3v) is 4.31. The minimum atomic E-state index is -3.27. The van der Waals surface area contributed by atoms with Gasteiger partial charge in [0.05, 0.1) is 12.9 Å². The highest BCUT2D eigenvalue weighted by atomic mass is 35.5. The van der Waals surface area contributed by atoms with Gasteiger partial charge in [0.1, 0.15) is 6.61 Å². The number of carbonyl (C=O) groups is 1. The molecule has 1 fully saturated rings. The Labute approximate surface area is 151 Å². The topological polar surface area (TPSA) is 69.7 Å². The number of halogens is 1. The Morgan fingerprint density at radius 3 is 2.58 bits per heavy atom. The minimum Gasteiger partial charge on any atom is -0.461 e. The van der Waals surface area contributed by atoms with Crippen LogP contribution in [0, 0.1) is 5.92 Å². The van der Waals surface area contributed by atoms with Gasteiger partial charge in [-0.05, 0) is 44.9 Å². The zero-order valence-corrected chi connectivity index (χ0v) is 16.2. The van der Waals surface area contributed by atoms with Gasteiger partial charge in [0.15, 0.2) is 0 Å². The molecule has 0 radical (unpaired) electrons. The van der Waals surface area contributed by atoms with Gasteiger partial charge < -0.3 is 4.74 Å². The van der Waals surface area contributed by atoms with Crippen molar-refractivity contribution in [2.75, 3.05) is 19.5 Å². The molecule has 24 heavy (non-hydrogen) atoms. The van der Waals surface area contributed by atoms with Crippen molar-refractivity contribution in [2.45, 2.75) is 50.8 Å². The summed E-state index contributed by atoms with van der Waals surface area (Å²) >= 11 is 5.85. The van der Waals surface area contributed by atoms with Crippen molar-refractivity contribution in [1.82, 2.24) is 0 Å². The largest absolute Gasteiger partial charge is 0.461 e. The second-order valence-corrected chi connectivity index (χ2v) is 7.96. The Balaban J connectivity index is 0.000000441. The molecule has 0 N–H and O–H groups in total. The number of ether oxygens (including phenoxy) is 1. The molecule has 7 heteroatoms. The Kier molecular flexibility index (Phi) is 13.0. The van der Waals surface area contributed by atoms with Gasteiger partial charge in [-0.25, -0.2) is 0 Å². The van der Waals surface area contributed by atoms with Crippen LogP contribution in [0.2, 0.25) is 0 Å². The van der Waals surface area contributed by atoms with Gasteiger partial charge in [-0.1, -0.05) is 24.8 Å². The lowest BCUT2D eigenvalue weighted by molar-refractivity contribution is -0.142. The van der Waals surface area contributed by atoms with E-state index in [4.69, 9.17) is 16.3 Å². The van der Waals surface area contributed by atoms with E-state index in [2.05, 4.69) is 10.8 Å². The summed E-state index contributed by atoms with van der Waals surface area (Å²) in [5.74, 6) is 0.182.